The van der Waals surface area contributed by atoms with E-state index in [1.165, 1.54) is 12.1 Å². The summed E-state index contributed by atoms with van der Waals surface area (Å²) in [5, 5.41) is 0. The molecule has 1 aromatic carbocycles. The number of nitrogens with zero attached hydrogens (tertiary/aromatic N) is 5. The first-order chi connectivity index (χ1) is 11.1. The van der Waals surface area contributed by atoms with Gasteiger partial charge < -0.3 is 14.2 Å². The van der Waals surface area contributed by atoms with Gasteiger partial charge in [-0.05, 0) is 24.3 Å². The summed E-state index contributed by atoms with van der Waals surface area (Å²) < 4.78 is 20.5. The molecule has 0 aliphatic carbocycles. The third-order valence-corrected chi connectivity index (χ3v) is 3.29. The van der Waals surface area contributed by atoms with Crippen molar-refractivity contribution in [2.24, 2.45) is 7.05 Å². The minimum atomic E-state index is -0.310. The molecule has 0 amide bonds. The molecule has 3 aromatic rings. The second kappa shape index (κ2) is 6.43. The number of benzene rings is 1. The van der Waals surface area contributed by atoms with Crippen LogP contribution in [0.1, 0.15) is 5.82 Å². The molecule has 7 heteroatoms. The molecule has 0 unspecified atom stereocenters. The Kier molecular flexibility index (Phi) is 4.18. The third kappa shape index (κ3) is 3.63. The first kappa shape index (κ1) is 15.0. The normalized spacial score (nSPS) is 10.6. The number of halogens is 1. The average Bonchev–Trinajstić information content (AvgIpc) is 2.95. The molecule has 0 atom stereocenters. The number of imidazole rings is 1. The van der Waals surface area contributed by atoms with Crippen molar-refractivity contribution >= 4 is 5.95 Å². The zero-order valence-electron chi connectivity index (χ0n) is 12.8. The van der Waals surface area contributed by atoms with E-state index in [2.05, 4.69) is 15.0 Å². The maximum absolute atomic E-state index is 12.9. The van der Waals surface area contributed by atoms with Crippen LogP contribution < -0.4 is 9.64 Å². The van der Waals surface area contributed by atoms with Crippen LogP contribution >= 0.6 is 0 Å². The van der Waals surface area contributed by atoms with Crippen LogP contribution in [-0.2, 0) is 13.6 Å². The van der Waals surface area contributed by atoms with Crippen molar-refractivity contribution in [3.05, 3.63) is 60.6 Å². The predicted molar refractivity (Wildman–Crippen MR) is 83.8 cm³/mol. The lowest BCUT2D eigenvalue weighted by Crippen LogP contribution is -2.21. The van der Waals surface area contributed by atoms with E-state index in [9.17, 15) is 4.39 Å². The van der Waals surface area contributed by atoms with E-state index >= 15 is 0 Å². The molecule has 0 saturated carbocycles. The summed E-state index contributed by atoms with van der Waals surface area (Å²) in [7, 11) is 3.82. The number of anilines is 1. The molecule has 0 aliphatic heterocycles. The highest BCUT2D eigenvalue weighted by atomic mass is 19.1. The summed E-state index contributed by atoms with van der Waals surface area (Å²) >= 11 is 0. The van der Waals surface area contributed by atoms with Gasteiger partial charge in [0, 0.05) is 38.8 Å². The predicted octanol–water partition coefficient (Wildman–Crippen LogP) is 2.78. The lowest BCUT2D eigenvalue weighted by molar-refractivity contribution is 0.459. The third-order valence-electron chi connectivity index (χ3n) is 3.29. The first-order valence-corrected chi connectivity index (χ1v) is 7.05. The highest BCUT2D eigenvalue weighted by molar-refractivity contribution is 5.33. The van der Waals surface area contributed by atoms with Crippen molar-refractivity contribution in [1.29, 1.82) is 0 Å². The maximum atomic E-state index is 12.9. The van der Waals surface area contributed by atoms with E-state index in [-0.39, 0.29) is 5.82 Å². The largest absolute Gasteiger partial charge is 0.439 e. The Morgan fingerprint density at radius 3 is 2.61 bits per heavy atom. The number of aryl methyl sites for hydroxylation is 1. The van der Waals surface area contributed by atoms with E-state index in [1.807, 2.05) is 29.8 Å². The van der Waals surface area contributed by atoms with Gasteiger partial charge in [0.25, 0.3) is 0 Å². The Morgan fingerprint density at radius 1 is 1.13 bits per heavy atom. The van der Waals surface area contributed by atoms with Crippen LogP contribution in [0.2, 0.25) is 0 Å². The highest BCUT2D eigenvalue weighted by Crippen LogP contribution is 2.21. The van der Waals surface area contributed by atoms with Gasteiger partial charge in [0.15, 0.2) is 0 Å². The zero-order valence-corrected chi connectivity index (χ0v) is 12.8. The van der Waals surface area contributed by atoms with Crippen LogP contribution in [0.15, 0.2) is 48.9 Å². The summed E-state index contributed by atoms with van der Waals surface area (Å²) in [5.74, 6) is 2.03. The van der Waals surface area contributed by atoms with Crippen LogP contribution in [0.5, 0.6) is 11.6 Å². The van der Waals surface area contributed by atoms with Crippen molar-refractivity contribution in [3.8, 4) is 11.6 Å². The summed E-state index contributed by atoms with van der Waals surface area (Å²) in [6.45, 7) is 0.573. The molecule has 0 saturated heterocycles. The van der Waals surface area contributed by atoms with E-state index < -0.39 is 0 Å². The number of ether oxygens (including phenoxy) is 1. The van der Waals surface area contributed by atoms with Gasteiger partial charge in [-0.2, -0.15) is 4.98 Å². The van der Waals surface area contributed by atoms with Crippen molar-refractivity contribution in [2.45, 2.75) is 6.54 Å². The number of rotatable bonds is 5. The van der Waals surface area contributed by atoms with E-state index in [0.29, 0.717) is 24.1 Å². The van der Waals surface area contributed by atoms with Gasteiger partial charge in [0.2, 0.25) is 11.8 Å². The molecule has 0 aliphatic rings. The monoisotopic (exact) mass is 313 g/mol. The SMILES string of the molecule is CN(Cc1nccn1C)c1nccc(Oc2ccc(F)cc2)n1. The second-order valence-corrected chi connectivity index (χ2v) is 5.06. The van der Waals surface area contributed by atoms with Crippen molar-refractivity contribution < 1.29 is 9.13 Å². The topological polar surface area (TPSA) is 56.1 Å². The van der Waals surface area contributed by atoms with Crippen LogP contribution in [0.25, 0.3) is 0 Å². The molecule has 2 aromatic heterocycles. The first-order valence-electron chi connectivity index (χ1n) is 7.05. The fourth-order valence-corrected chi connectivity index (χ4v) is 2.03. The number of aromatic nitrogens is 4. The quantitative estimate of drug-likeness (QED) is 0.725. The second-order valence-electron chi connectivity index (χ2n) is 5.06. The minimum Gasteiger partial charge on any atom is -0.439 e. The molecule has 118 valence electrons. The minimum absolute atomic E-state index is 0.310. The zero-order chi connectivity index (χ0) is 16.2. The van der Waals surface area contributed by atoms with Crippen LogP contribution in [0, 0.1) is 5.82 Å². The van der Waals surface area contributed by atoms with Crippen LogP contribution in [0.4, 0.5) is 10.3 Å². The molecular formula is C16H16FN5O. The molecule has 0 fully saturated rings. The maximum Gasteiger partial charge on any atom is 0.228 e. The molecule has 0 radical (unpaired) electrons. The van der Waals surface area contributed by atoms with Crippen molar-refractivity contribution in [1.82, 2.24) is 19.5 Å². The Bertz CT molecular complexity index is 787. The summed E-state index contributed by atoms with van der Waals surface area (Å²) in [6.07, 6.45) is 5.26. The van der Waals surface area contributed by atoms with E-state index in [0.717, 1.165) is 5.82 Å². The molecule has 0 N–H and O–H groups in total. The number of hydrogen-bond donors (Lipinski definition) is 0. The molecule has 0 spiro atoms. The Morgan fingerprint density at radius 2 is 1.91 bits per heavy atom. The lowest BCUT2D eigenvalue weighted by atomic mass is 10.3. The number of hydrogen-bond acceptors (Lipinski definition) is 5. The fourth-order valence-electron chi connectivity index (χ4n) is 2.03. The van der Waals surface area contributed by atoms with Gasteiger partial charge in [-0.15, -0.1) is 0 Å². The van der Waals surface area contributed by atoms with Gasteiger partial charge >= 0.3 is 0 Å². The fraction of sp³-hybridized carbons (Fsp3) is 0.188. The summed E-state index contributed by atoms with van der Waals surface area (Å²) in [4.78, 5) is 14.8. The van der Waals surface area contributed by atoms with Crippen molar-refractivity contribution in [2.75, 3.05) is 11.9 Å². The molecule has 23 heavy (non-hydrogen) atoms. The lowest BCUT2D eigenvalue weighted by Gasteiger charge is -2.17. The van der Waals surface area contributed by atoms with Crippen LogP contribution in [0.3, 0.4) is 0 Å². The van der Waals surface area contributed by atoms with Gasteiger partial charge in [0.1, 0.15) is 17.4 Å². The van der Waals surface area contributed by atoms with E-state index in [1.54, 1.807) is 30.6 Å². The van der Waals surface area contributed by atoms with Gasteiger partial charge in [-0.1, -0.05) is 0 Å². The molecule has 6 nitrogen and oxygen atoms in total. The smallest absolute Gasteiger partial charge is 0.228 e. The standard InChI is InChI=1S/C16H16FN5O/c1-21-10-9-18-14(21)11-22(2)16-19-8-7-15(20-16)23-13-5-3-12(17)4-6-13/h3-10H,11H2,1-2H3. The molecular weight excluding hydrogens is 297 g/mol. The van der Waals surface area contributed by atoms with E-state index in [4.69, 9.17) is 4.74 Å². The van der Waals surface area contributed by atoms with Gasteiger partial charge in [-0.25, -0.2) is 14.4 Å². The molecule has 2 heterocycles. The molecule has 0 bridgehead atoms. The summed E-state index contributed by atoms with van der Waals surface area (Å²) in [5.41, 5.74) is 0. The Hall–Kier alpha value is -2.96. The summed E-state index contributed by atoms with van der Waals surface area (Å²) in [6, 6.07) is 7.43. The Balaban J connectivity index is 1.74. The molecule has 3 rings (SSSR count). The van der Waals surface area contributed by atoms with Crippen molar-refractivity contribution in [3.63, 3.8) is 0 Å². The van der Waals surface area contributed by atoms with Crippen LogP contribution in [-0.4, -0.2) is 26.6 Å². The van der Waals surface area contributed by atoms with Gasteiger partial charge in [0.05, 0.1) is 6.54 Å². The average molecular weight is 313 g/mol. The highest BCUT2D eigenvalue weighted by Gasteiger charge is 2.10. The van der Waals surface area contributed by atoms with Gasteiger partial charge in [-0.3, -0.25) is 0 Å². The Labute approximate surface area is 133 Å².